The van der Waals surface area contributed by atoms with Crippen LogP contribution in [-0.2, 0) is 0 Å². The van der Waals surface area contributed by atoms with Crippen LogP contribution in [0.3, 0.4) is 0 Å². The zero-order chi connectivity index (χ0) is 25.3. The quantitative estimate of drug-likeness (QED) is 0.172. The Bertz CT molecular complexity index is 671. The number of hydrogen-bond donors (Lipinski definition) is 0. The molecule has 0 heteroatoms. The molecule has 0 heterocycles. The maximum Gasteiger partial charge on any atom is -0.00901 e. The van der Waals surface area contributed by atoms with E-state index < -0.39 is 0 Å². The molecule has 1 aromatic rings. The number of rotatable bonds is 20. The predicted molar refractivity (Wildman–Crippen MR) is 156 cm³/mol. The fourth-order valence-electron chi connectivity index (χ4n) is 5.09. The van der Waals surface area contributed by atoms with Crippen LogP contribution in [-0.4, -0.2) is 0 Å². The standard InChI is InChI=1S/C34H46/c1-9-17-27(18-10-2)31-25-33(29(21-13-5)22-14-6)34(30(23-15-7)24-16-8)26-32(31)28(19-11-3)20-12-4/h9-16,25-30H,1-8,17-24H2. The van der Waals surface area contributed by atoms with E-state index in [1.807, 2.05) is 48.6 Å². The summed E-state index contributed by atoms with van der Waals surface area (Å²) in [5.41, 5.74) is 5.62. The zero-order valence-corrected chi connectivity index (χ0v) is 21.4. The van der Waals surface area contributed by atoms with Gasteiger partial charge in [-0.1, -0.05) is 60.7 Å². The van der Waals surface area contributed by atoms with Crippen molar-refractivity contribution >= 4 is 0 Å². The molecule has 34 heavy (non-hydrogen) atoms. The lowest BCUT2D eigenvalue weighted by Crippen LogP contribution is -2.13. The van der Waals surface area contributed by atoms with Crippen molar-refractivity contribution in [1.29, 1.82) is 0 Å². The average Bonchev–Trinajstić information content (AvgIpc) is 2.83. The van der Waals surface area contributed by atoms with Crippen LogP contribution in [0.25, 0.3) is 0 Å². The molecule has 0 aliphatic heterocycles. The molecule has 0 nitrogen and oxygen atoms in total. The van der Waals surface area contributed by atoms with Gasteiger partial charge >= 0.3 is 0 Å². The van der Waals surface area contributed by atoms with Crippen molar-refractivity contribution in [1.82, 2.24) is 0 Å². The molecular weight excluding hydrogens is 408 g/mol. The Balaban J connectivity index is 4.04. The summed E-state index contributed by atoms with van der Waals surface area (Å²) >= 11 is 0. The molecule has 0 N–H and O–H groups in total. The van der Waals surface area contributed by atoms with E-state index in [9.17, 15) is 0 Å². The van der Waals surface area contributed by atoms with Gasteiger partial charge in [-0.05, 0) is 97.3 Å². The fraction of sp³-hybridized carbons (Fsp3) is 0.353. The molecule has 0 aliphatic rings. The predicted octanol–water partition coefficient (Wildman–Crippen LogP) is 10.6. The lowest BCUT2D eigenvalue weighted by molar-refractivity contribution is 0.626. The van der Waals surface area contributed by atoms with Crippen molar-refractivity contribution in [2.24, 2.45) is 0 Å². The van der Waals surface area contributed by atoms with E-state index in [2.05, 4.69) is 64.8 Å². The summed E-state index contributed by atoms with van der Waals surface area (Å²) < 4.78 is 0. The van der Waals surface area contributed by atoms with E-state index in [1.54, 1.807) is 0 Å². The van der Waals surface area contributed by atoms with E-state index in [0.717, 1.165) is 51.4 Å². The summed E-state index contributed by atoms with van der Waals surface area (Å²) in [6, 6.07) is 4.97. The minimum Gasteiger partial charge on any atom is -0.103 e. The maximum atomic E-state index is 4.05. The Hall–Kier alpha value is -2.86. The van der Waals surface area contributed by atoms with E-state index in [1.165, 1.54) is 22.3 Å². The van der Waals surface area contributed by atoms with Crippen molar-refractivity contribution in [3.8, 4) is 0 Å². The molecule has 182 valence electrons. The van der Waals surface area contributed by atoms with Crippen molar-refractivity contribution < 1.29 is 0 Å². The van der Waals surface area contributed by atoms with Crippen molar-refractivity contribution in [2.45, 2.75) is 75.0 Å². The van der Waals surface area contributed by atoms with Crippen molar-refractivity contribution in [2.75, 3.05) is 0 Å². The molecule has 0 amide bonds. The zero-order valence-electron chi connectivity index (χ0n) is 21.4. The first-order valence-corrected chi connectivity index (χ1v) is 12.6. The van der Waals surface area contributed by atoms with Crippen LogP contribution < -0.4 is 0 Å². The molecule has 0 saturated carbocycles. The highest BCUT2D eigenvalue weighted by Gasteiger charge is 2.26. The van der Waals surface area contributed by atoms with Crippen LogP contribution in [0.1, 0.15) is 97.3 Å². The Morgan fingerprint density at radius 3 is 0.618 bits per heavy atom. The van der Waals surface area contributed by atoms with Crippen LogP contribution in [0.15, 0.2) is 113 Å². The van der Waals surface area contributed by atoms with E-state index in [0.29, 0.717) is 23.7 Å². The Labute approximate surface area is 210 Å². The van der Waals surface area contributed by atoms with Gasteiger partial charge in [0.25, 0.3) is 0 Å². The number of benzene rings is 1. The first kappa shape index (κ1) is 29.2. The third kappa shape index (κ3) is 8.17. The molecule has 0 radical (unpaired) electrons. The summed E-state index contributed by atoms with van der Waals surface area (Å²) in [6.45, 7) is 32.4. The van der Waals surface area contributed by atoms with Crippen LogP contribution >= 0.6 is 0 Å². The van der Waals surface area contributed by atoms with Gasteiger partial charge < -0.3 is 0 Å². The summed E-state index contributed by atoms with van der Waals surface area (Å²) in [4.78, 5) is 0. The van der Waals surface area contributed by atoms with Crippen LogP contribution in [0, 0.1) is 0 Å². The van der Waals surface area contributed by atoms with Crippen LogP contribution in [0.4, 0.5) is 0 Å². The molecule has 0 aliphatic carbocycles. The lowest BCUT2D eigenvalue weighted by Gasteiger charge is -2.30. The topological polar surface area (TPSA) is 0 Å². The number of hydrogen-bond acceptors (Lipinski definition) is 0. The molecule has 0 saturated heterocycles. The van der Waals surface area contributed by atoms with Gasteiger partial charge in [0.2, 0.25) is 0 Å². The fourth-order valence-corrected chi connectivity index (χ4v) is 5.09. The van der Waals surface area contributed by atoms with Gasteiger partial charge in [0.15, 0.2) is 0 Å². The summed E-state index contributed by atoms with van der Waals surface area (Å²) in [7, 11) is 0. The Morgan fingerprint density at radius 1 is 0.353 bits per heavy atom. The molecule has 0 atom stereocenters. The molecule has 1 aromatic carbocycles. The van der Waals surface area contributed by atoms with Gasteiger partial charge in [-0.2, -0.15) is 0 Å². The van der Waals surface area contributed by atoms with E-state index in [-0.39, 0.29) is 0 Å². The molecule has 0 unspecified atom stereocenters. The second-order valence-corrected chi connectivity index (χ2v) is 9.09. The minimum absolute atomic E-state index is 0.348. The van der Waals surface area contributed by atoms with Gasteiger partial charge in [0, 0.05) is 0 Å². The highest BCUT2D eigenvalue weighted by molar-refractivity contribution is 5.47. The van der Waals surface area contributed by atoms with Crippen LogP contribution in [0.2, 0.25) is 0 Å². The Kier molecular flexibility index (Phi) is 14.3. The lowest BCUT2D eigenvalue weighted by atomic mass is 9.74. The normalized spacial score (nSPS) is 10.9. The molecule has 1 rings (SSSR count). The highest BCUT2D eigenvalue weighted by Crippen LogP contribution is 2.43. The van der Waals surface area contributed by atoms with Gasteiger partial charge in [0.05, 0.1) is 0 Å². The van der Waals surface area contributed by atoms with Gasteiger partial charge in [-0.15, -0.1) is 52.6 Å². The largest absolute Gasteiger partial charge is 0.103 e. The third-order valence-corrected chi connectivity index (χ3v) is 6.66. The second-order valence-electron chi connectivity index (χ2n) is 9.09. The monoisotopic (exact) mass is 454 g/mol. The molecule has 0 spiro atoms. The molecule has 0 fully saturated rings. The minimum atomic E-state index is 0.348. The van der Waals surface area contributed by atoms with Gasteiger partial charge in [-0.3, -0.25) is 0 Å². The first-order chi connectivity index (χ1) is 16.6. The van der Waals surface area contributed by atoms with Crippen molar-refractivity contribution in [3.63, 3.8) is 0 Å². The maximum absolute atomic E-state index is 4.05. The summed E-state index contributed by atoms with van der Waals surface area (Å²) in [5.74, 6) is 1.39. The SMILES string of the molecule is C=CCC(CC=C)c1cc(C(CC=C)CC=C)c(C(CC=C)CC=C)cc1C(CC=C)CC=C. The highest BCUT2D eigenvalue weighted by atomic mass is 14.3. The molecular formula is C34H46. The molecule has 0 aromatic heterocycles. The first-order valence-electron chi connectivity index (χ1n) is 12.6. The number of allylic oxidation sites excluding steroid dienone is 8. The van der Waals surface area contributed by atoms with Gasteiger partial charge in [0.1, 0.15) is 0 Å². The Morgan fingerprint density at radius 2 is 0.500 bits per heavy atom. The average molecular weight is 455 g/mol. The third-order valence-electron chi connectivity index (χ3n) is 6.66. The molecule has 0 bridgehead atoms. The second kappa shape index (κ2) is 16.7. The van der Waals surface area contributed by atoms with Crippen molar-refractivity contribution in [3.05, 3.63) is 136 Å². The van der Waals surface area contributed by atoms with E-state index in [4.69, 9.17) is 0 Å². The summed E-state index contributed by atoms with van der Waals surface area (Å²) in [5, 5.41) is 0. The summed E-state index contributed by atoms with van der Waals surface area (Å²) in [6.07, 6.45) is 23.6. The van der Waals surface area contributed by atoms with Crippen LogP contribution in [0.5, 0.6) is 0 Å². The van der Waals surface area contributed by atoms with E-state index >= 15 is 0 Å². The van der Waals surface area contributed by atoms with Gasteiger partial charge in [-0.25, -0.2) is 0 Å². The smallest absolute Gasteiger partial charge is 0.00901 e.